The number of hydrogen-bond acceptors (Lipinski definition) is 3. The Morgan fingerprint density at radius 1 is 1.11 bits per heavy atom. The lowest BCUT2D eigenvalue weighted by molar-refractivity contribution is 0.280. The third-order valence-corrected chi connectivity index (χ3v) is 6.26. The van der Waals surface area contributed by atoms with Crippen LogP contribution in [0.5, 0.6) is 0 Å². The Kier molecular flexibility index (Phi) is 5.04. The summed E-state index contributed by atoms with van der Waals surface area (Å²) in [5.74, 6) is 1.09. The number of hydrogen-bond donors (Lipinski definition) is 1. The van der Waals surface area contributed by atoms with Gasteiger partial charge in [0.1, 0.15) is 0 Å². The predicted octanol–water partition coefficient (Wildman–Crippen LogP) is 1.58. The second-order valence-corrected chi connectivity index (χ2v) is 7.89. The zero-order valence-corrected chi connectivity index (χ0v) is 12.2. The minimum absolute atomic E-state index is 0.229. The van der Waals surface area contributed by atoms with Crippen molar-refractivity contribution in [1.82, 2.24) is 9.62 Å². The monoisotopic (exact) mass is 274 g/mol. The van der Waals surface area contributed by atoms with Crippen LogP contribution in [-0.4, -0.2) is 44.2 Å². The van der Waals surface area contributed by atoms with Crippen LogP contribution in [0.15, 0.2) is 0 Å². The predicted molar refractivity (Wildman–Crippen MR) is 74.0 cm³/mol. The van der Waals surface area contributed by atoms with Crippen molar-refractivity contribution >= 4 is 10.0 Å². The van der Waals surface area contributed by atoms with Gasteiger partial charge < -0.3 is 5.32 Å². The van der Waals surface area contributed by atoms with Gasteiger partial charge in [-0.05, 0) is 45.1 Å². The molecule has 0 bridgehead atoms. The lowest BCUT2D eigenvalue weighted by atomic mass is 10.0. The maximum Gasteiger partial charge on any atom is 0.213 e. The van der Waals surface area contributed by atoms with E-state index in [1.165, 1.54) is 25.7 Å². The largest absolute Gasteiger partial charge is 0.314 e. The van der Waals surface area contributed by atoms with Crippen LogP contribution in [0.25, 0.3) is 0 Å². The normalized spacial score (nSPS) is 24.7. The second-order valence-electron chi connectivity index (χ2n) is 5.63. The Labute approximate surface area is 111 Å². The highest BCUT2D eigenvalue weighted by Crippen LogP contribution is 2.24. The molecule has 2 aliphatic rings. The molecule has 1 aliphatic carbocycles. The molecule has 0 aromatic rings. The molecule has 0 atom stereocenters. The lowest BCUT2D eigenvalue weighted by Crippen LogP contribution is -2.46. The summed E-state index contributed by atoms with van der Waals surface area (Å²) in [7, 11) is -2.97. The highest BCUT2D eigenvalue weighted by Gasteiger charge is 2.27. The summed E-state index contributed by atoms with van der Waals surface area (Å²) in [6, 6.07) is 0.522. The van der Waals surface area contributed by atoms with E-state index in [0.717, 1.165) is 25.3 Å². The molecule has 0 aromatic heterocycles. The van der Waals surface area contributed by atoms with E-state index in [4.69, 9.17) is 0 Å². The summed E-state index contributed by atoms with van der Waals surface area (Å²) < 4.78 is 25.1. The summed E-state index contributed by atoms with van der Waals surface area (Å²) in [6.07, 6.45) is 7.45. The fourth-order valence-electron chi connectivity index (χ4n) is 3.07. The third-order valence-electron chi connectivity index (χ3n) is 4.38. The summed E-state index contributed by atoms with van der Waals surface area (Å²) in [6.45, 7) is 4.24. The van der Waals surface area contributed by atoms with Crippen molar-refractivity contribution in [3.8, 4) is 0 Å². The van der Waals surface area contributed by atoms with Gasteiger partial charge in [0.05, 0.1) is 5.75 Å². The van der Waals surface area contributed by atoms with Gasteiger partial charge in [-0.25, -0.2) is 12.7 Å². The molecule has 2 rings (SSSR count). The van der Waals surface area contributed by atoms with Gasteiger partial charge >= 0.3 is 0 Å². The topological polar surface area (TPSA) is 49.4 Å². The van der Waals surface area contributed by atoms with Gasteiger partial charge in [0, 0.05) is 19.1 Å². The molecule has 0 spiro atoms. The molecule has 106 valence electrons. The van der Waals surface area contributed by atoms with Crippen molar-refractivity contribution in [2.45, 2.75) is 51.5 Å². The zero-order chi connectivity index (χ0) is 13.0. The zero-order valence-electron chi connectivity index (χ0n) is 11.4. The number of nitrogens with zero attached hydrogens (tertiary/aromatic N) is 1. The third kappa shape index (κ3) is 3.68. The standard InChI is InChI=1S/C13H26N2O2S/c1-2-18(16,17)15-9-7-13(8-10-15)14-11-12-5-3-4-6-12/h12-14H,2-11H2,1H3. The Morgan fingerprint density at radius 2 is 1.72 bits per heavy atom. The van der Waals surface area contributed by atoms with Gasteiger partial charge in [-0.2, -0.15) is 0 Å². The minimum atomic E-state index is -2.97. The number of rotatable bonds is 5. The van der Waals surface area contributed by atoms with E-state index >= 15 is 0 Å². The van der Waals surface area contributed by atoms with E-state index in [2.05, 4.69) is 5.32 Å². The van der Waals surface area contributed by atoms with Crippen molar-refractivity contribution in [2.24, 2.45) is 5.92 Å². The van der Waals surface area contributed by atoms with Crippen LogP contribution in [0.4, 0.5) is 0 Å². The van der Waals surface area contributed by atoms with Gasteiger partial charge in [-0.1, -0.05) is 12.8 Å². The van der Waals surface area contributed by atoms with Crippen LogP contribution in [-0.2, 0) is 10.0 Å². The molecule has 0 unspecified atom stereocenters. The molecule has 0 amide bonds. The van der Waals surface area contributed by atoms with Crippen LogP contribution >= 0.6 is 0 Å². The van der Waals surface area contributed by atoms with E-state index in [0.29, 0.717) is 19.1 Å². The van der Waals surface area contributed by atoms with E-state index in [-0.39, 0.29) is 5.75 Å². The smallest absolute Gasteiger partial charge is 0.213 e. The van der Waals surface area contributed by atoms with Crippen LogP contribution in [0.2, 0.25) is 0 Å². The molecule has 1 N–H and O–H groups in total. The molecular weight excluding hydrogens is 248 g/mol. The summed E-state index contributed by atoms with van der Waals surface area (Å²) >= 11 is 0. The quantitative estimate of drug-likeness (QED) is 0.828. The number of nitrogens with one attached hydrogen (secondary N) is 1. The minimum Gasteiger partial charge on any atom is -0.314 e. The molecule has 1 saturated carbocycles. The Morgan fingerprint density at radius 3 is 2.28 bits per heavy atom. The van der Waals surface area contributed by atoms with Gasteiger partial charge in [0.2, 0.25) is 10.0 Å². The molecule has 5 heteroatoms. The van der Waals surface area contributed by atoms with Gasteiger partial charge in [0.15, 0.2) is 0 Å². The first-order valence-electron chi connectivity index (χ1n) is 7.33. The fourth-order valence-corrected chi connectivity index (χ4v) is 4.20. The highest BCUT2D eigenvalue weighted by atomic mass is 32.2. The van der Waals surface area contributed by atoms with Crippen molar-refractivity contribution in [1.29, 1.82) is 0 Å². The molecule has 1 saturated heterocycles. The summed E-state index contributed by atoms with van der Waals surface area (Å²) in [5.41, 5.74) is 0. The maximum absolute atomic E-state index is 11.7. The lowest BCUT2D eigenvalue weighted by Gasteiger charge is -2.32. The van der Waals surface area contributed by atoms with E-state index in [1.807, 2.05) is 0 Å². The summed E-state index contributed by atoms with van der Waals surface area (Å²) in [5, 5.41) is 3.63. The molecule has 18 heavy (non-hydrogen) atoms. The van der Waals surface area contributed by atoms with E-state index in [9.17, 15) is 8.42 Å². The molecule has 4 nitrogen and oxygen atoms in total. The van der Waals surface area contributed by atoms with Gasteiger partial charge in [0.25, 0.3) is 0 Å². The second kappa shape index (κ2) is 6.35. The first-order valence-corrected chi connectivity index (χ1v) is 8.94. The average Bonchev–Trinajstić information content (AvgIpc) is 2.90. The van der Waals surface area contributed by atoms with E-state index in [1.54, 1.807) is 11.2 Å². The Balaban J connectivity index is 1.70. The molecule has 2 fully saturated rings. The van der Waals surface area contributed by atoms with Crippen LogP contribution < -0.4 is 5.32 Å². The van der Waals surface area contributed by atoms with Crippen LogP contribution in [0.3, 0.4) is 0 Å². The Hall–Kier alpha value is -0.130. The van der Waals surface area contributed by atoms with E-state index < -0.39 is 10.0 Å². The first kappa shape index (κ1) is 14.3. The maximum atomic E-state index is 11.7. The molecule has 1 heterocycles. The highest BCUT2D eigenvalue weighted by molar-refractivity contribution is 7.89. The summed E-state index contributed by atoms with van der Waals surface area (Å²) in [4.78, 5) is 0. The van der Waals surface area contributed by atoms with Gasteiger partial charge in [-0.3, -0.25) is 0 Å². The molecule has 0 radical (unpaired) electrons. The fraction of sp³-hybridized carbons (Fsp3) is 1.00. The first-order chi connectivity index (χ1) is 8.62. The van der Waals surface area contributed by atoms with Crippen molar-refractivity contribution in [3.05, 3.63) is 0 Å². The molecular formula is C13H26N2O2S. The van der Waals surface area contributed by atoms with Crippen molar-refractivity contribution < 1.29 is 8.42 Å². The van der Waals surface area contributed by atoms with Crippen molar-refractivity contribution in [3.63, 3.8) is 0 Å². The molecule has 1 aliphatic heterocycles. The SMILES string of the molecule is CCS(=O)(=O)N1CCC(NCC2CCCC2)CC1. The number of sulfonamides is 1. The van der Waals surface area contributed by atoms with Crippen molar-refractivity contribution in [2.75, 3.05) is 25.4 Å². The van der Waals surface area contributed by atoms with Crippen LogP contribution in [0, 0.1) is 5.92 Å². The van der Waals surface area contributed by atoms with Gasteiger partial charge in [-0.15, -0.1) is 0 Å². The average molecular weight is 274 g/mol. The molecule has 0 aromatic carbocycles. The van der Waals surface area contributed by atoms with Crippen LogP contribution in [0.1, 0.15) is 45.4 Å². The Bertz CT molecular complexity index is 342. The number of piperidine rings is 1.